The molecule has 0 saturated heterocycles. The van der Waals surface area contributed by atoms with Crippen LogP contribution in [0.1, 0.15) is 13.8 Å². The minimum atomic E-state index is -3.41. The van der Waals surface area contributed by atoms with Crippen LogP contribution in [0.2, 0.25) is 0 Å². The molecular weight excluding hydrogens is 350 g/mol. The second-order valence-electron chi connectivity index (χ2n) is 6.03. The highest BCUT2D eigenvalue weighted by molar-refractivity contribution is 7.91. The number of anilines is 2. The van der Waals surface area contributed by atoms with Gasteiger partial charge in [0, 0.05) is 25.3 Å². The largest absolute Gasteiger partial charge is 0.370 e. The Morgan fingerprint density at radius 3 is 2.35 bits per heavy atom. The number of carbonyl (C=O) groups excluding carboxylic acids is 1. The lowest BCUT2D eigenvalue weighted by Crippen LogP contribution is -2.41. The third-order valence-electron chi connectivity index (χ3n) is 4.23. The number of nitrogens with zero attached hydrogens (tertiary/aromatic N) is 1. The Hall–Kier alpha value is -2.54. The Kier molecular flexibility index (Phi) is 6.63. The summed E-state index contributed by atoms with van der Waals surface area (Å²) in [6, 6.07) is 15.9. The average molecular weight is 375 g/mol. The summed E-state index contributed by atoms with van der Waals surface area (Å²) in [5, 5.41) is 5.43. The van der Waals surface area contributed by atoms with Gasteiger partial charge in [0.1, 0.15) is 0 Å². The van der Waals surface area contributed by atoms with Gasteiger partial charge in [-0.05, 0) is 31.2 Å². The van der Waals surface area contributed by atoms with Crippen LogP contribution >= 0.6 is 0 Å². The molecule has 2 rings (SSSR count). The van der Waals surface area contributed by atoms with E-state index in [1.54, 1.807) is 25.1 Å². The van der Waals surface area contributed by atoms with E-state index in [-0.39, 0.29) is 22.4 Å². The molecule has 0 aliphatic heterocycles. The van der Waals surface area contributed by atoms with E-state index in [2.05, 4.69) is 15.5 Å². The van der Waals surface area contributed by atoms with Crippen molar-refractivity contribution in [3.05, 3.63) is 54.6 Å². The van der Waals surface area contributed by atoms with Gasteiger partial charge in [-0.25, -0.2) is 13.2 Å². The normalized spacial score (nSPS) is 12.3. The maximum atomic E-state index is 12.2. The Labute approximate surface area is 155 Å². The minimum absolute atomic E-state index is 0.0216. The molecule has 0 heterocycles. The fourth-order valence-electron chi connectivity index (χ4n) is 2.46. The van der Waals surface area contributed by atoms with Gasteiger partial charge in [-0.15, -0.1) is 0 Å². The topological polar surface area (TPSA) is 78.5 Å². The second kappa shape index (κ2) is 8.71. The van der Waals surface area contributed by atoms with E-state index in [4.69, 9.17) is 0 Å². The van der Waals surface area contributed by atoms with Crippen molar-refractivity contribution < 1.29 is 13.2 Å². The van der Waals surface area contributed by atoms with Crippen molar-refractivity contribution >= 4 is 27.2 Å². The molecule has 0 spiro atoms. The quantitative estimate of drug-likeness (QED) is 0.779. The summed E-state index contributed by atoms with van der Waals surface area (Å²) >= 11 is 0. The molecule has 2 aromatic rings. The Morgan fingerprint density at radius 2 is 1.69 bits per heavy atom. The van der Waals surface area contributed by atoms with Crippen molar-refractivity contribution in [2.24, 2.45) is 0 Å². The fourth-order valence-corrected chi connectivity index (χ4v) is 3.51. The van der Waals surface area contributed by atoms with E-state index in [1.807, 2.05) is 44.3 Å². The van der Waals surface area contributed by atoms with Crippen molar-refractivity contribution in [3.8, 4) is 0 Å². The van der Waals surface area contributed by atoms with Crippen LogP contribution < -0.4 is 15.5 Å². The third kappa shape index (κ3) is 4.98. The molecule has 0 fully saturated rings. The summed E-state index contributed by atoms with van der Waals surface area (Å²) in [5.74, 6) is -0.0216. The van der Waals surface area contributed by atoms with Gasteiger partial charge in [0.25, 0.3) is 0 Å². The van der Waals surface area contributed by atoms with Gasteiger partial charge >= 0.3 is 6.03 Å². The summed E-state index contributed by atoms with van der Waals surface area (Å²) in [6.45, 7) is 4.00. The molecule has 26 heavy (non-hydrogen) atoms. The highest BCUT2D eigenvalue weighted by atomic mass is 32.2. The van der Waals surface area contributed by atoms with Gasteiger partial charge in [0.2, 0.25) is 0 Å². The molecule has 0 aliphatic rings. The van der Waals surface area contributed by atoms with Crippen molar-refractivity contribution in [1.82, 2.24) is 5.32 Å². The summed E-state index contributed by atoms with van der Waals surface area (Å²) in [7, 11) is -1.44. The van der Waals surface area contributed by atoms with Crippen LogP contribution in [0.15, 0.2) is 59.5 Å². The highest BCUT2D eigenvalue weighted by Gasteiger charge is 2.18. The Balaban J connectivity index is 1.98. The lowest BCUT2D eigenvalue weighted by molar-refractivity contribution is 0.251. The molecule has 0 radical (unpaired) electrons. The monoisotopic (exact) mass is 375 g/mol. The van der Waals surface area contributed by atoms with Crippen LogP contribution in [0.5, 0.6) is 0 Å². The van der Waals surface area contributed by atoms with Crippen molar-refractivity contribution in [1.29, 1.82) is 0 Å². The zero-order valence-electron chi connectivity index (χ0n) is 15.3. The number of hydrogen-bond donors (Lipinski definition) is 2. The van der Waals surface area contributed by atoms with Gasteiger partial charge in [-0.3, -0.25) is 0 Å². The molecule has 0 bridgehead atoms. The lowest BCUT2D eigenvalue weighted by atomic mass is 10.2. The van der Waals surface area contributed by atoms with Crippen LogP contribution in [-0.2, 0) is 9.84 Å². The molecule has 0 aromatic heterocycles. The number of para-hydroxylation sites is 2. The van der Waals surface area contributed by atoms with Gasteiger partial charge in [0.05, 0.1) is 16.3 Å². The third-order valence-corrected chi connectivity index (χ3v) is 6.02. The number of rotatable bonds is 7. The average Bonchev–Trinajstić information content (AvgIpc) is 2.66. The number of nitrogens with one attached hydrogen (secondary N) is 2. The number of hydrogen-bond acceptors (Lipinski definition) is 4. The summed E-state index contributed by atoms with van der Waals surface area (Å²) < 4.78 is 24.3. The first-order valence-electron chi connectivity index (χ1n) is 8.49. The summed E-state index contributed by atoms with van der Waals surface area (Å²) in [6.07, 6.45) is 0. The zero-order chi connectivity index (χ0) is 19.2. The minimum Gasteiger partial charge on any atom is -0.370 e. The van der Waals surface area contributed by atoms with Crippen molar-refractivity contribution in [2.75, 3.05) is 29.6 Å². The molecule has 0 saturated carbocycles. The number of urea groups is 1. The van der Waals surface area contributed by atoms with Gasteiger partial charge in [-0.1, -0.05) is 37.3 Å². The van der Waals surface area contributed by atoms with Crippen LogP contribution in [0.25, 0.3) is 0 Å². The van der Waals surface area contributed by atoms with Gasteiger partial charge < -0.3 is 15.5 Å². The van der Waals surface area contributed by atoms with E-state index < -0.39 is 15.9 Å². The predicted octanol–water partition coefficient (Wildman–Crippen LogP) is 3.13. The highest BCUT2D eigenvalue weighted by Crippen LogP contribution is 2.21. The molecule has 6 nitrogen and oxygen atoms in total. The number of carbonyl (C=O) groups is 1. The van der Waals surface area contributed by atoms with Crippen molar-refractivity contribution in [3.63, 3.8) is 0 Å². The lowest BCUT2D eigenvalue weighted by Gasteiger charge is -2.27. The van der Waals surface area contributed by atoms with E-state index in [9.17, 15) is 13.2 Å². The van der Waals surface area contributed by atoms with Crippen LogP contribution in [-0.4, -0.2) is 39.8 Å². The number of amides is 2. The zero-order valence-corrected chi connectivity index (χ0v) is 16.1. The number of likely N-dealkylation sites (N-methyl/N-ethyl adjacent to an activating group) is 1. The van der Waals surface area contributed by atoms with E-state index in [0.29, 0.717) is 6.54 Å². The van der Waals surface area contributed by atoms with Crippen LogP contribution in [0, 0.1) is 0 Å². The molecule has 2 N–H and O–H groups in total. The number of benzene rings is 2. The smallest absolute Gasteiger partial charge is 0.319 e. The maximum absolute atomic E-state index is 12.2. The molecule has 7 heteroatoms. The van der Waals surface area contributed by atoms with Crippen LogP contribution in [0.3, 0.4) is 0 Å². The molecule has 1 atom stereocenters. The molecule has 2 aromatic carbocycles. The first-order chi connectivity index (χ1) is 12.3. The van der Waals surface area contributed by atoms with E-state index >= 15 is 0 Å². The Morgan fingerprint density at radius 1 is 1.08 bits per heavy atom. The summed E-state index contributed by atoms with van der Waals surface area (Å²) in [5.41, 5.74) is 1.34. The summed E-state index contributed by atoms with van der Waals surface area (Å²) in [4.78, 5) is 14.4. The van der Waals surface area contributed by atoms with E-state index in [1.165, 1.54) is 6.07 Å². The van der Waals surface area contributed by atoms with Gasteiger partial charge in [0.15, 0.2) is 9.84 Å². The molecule has 0 unspecified atom stereocenters. The maximum Gasteiger partial charge on any atom is 0.319 e. The SMILES string of the molecule is CCS(=O)(=O)c1ccccc1NC(=O)NC[C@@H](C)N(C)c1ccccc1. The van der Waals surface area contributed by atoms with E-state index in [0.717, 1.165) is 5.69 Å². The molecule has 0 aliphatic carbocycles. The molecule has 2 amide bonds. The Bertz CT molecular complexity index is 838. The predicted molar refractivity (Wildman–Crippen MR) is 105 cm³/mol. The first-order valence-corrected chi connectivity index (χ1v) is 10.1. The molecule has 140 valence electrons. The fraction of sp³-hybridized carbons (Fsp3) is 0.316. The van der Waals surface area contributed by atoms with Crippen LogP contribution in [0.4, 0.5) is 16.2 Å². The van der Waals surface area contributed by atoms with Gasteiger partial charge in [-0.2, -0.15) is 0 Å². The number of sulfone groups is 1. The first kappa shape index (κ1) is 19.8. The van der Waals surface area contributed by atoms with Crippen molar-refractivity contribution in [2.45, 2.75) is 24.8 Å². The standard InChI is InChI=1S/C19H25N3O3S/c1-4-26(24,25)18-13-9-8-12-17(18)21-19(23)20-14-15(2)22(3)16-10-6-5-7-11-16/h5-13,15H,4,14H2,1-3H3,(H2,20,21,23)/t15-/m1/s1. The second-order valence-corrected chi connectivity index (χ2v) is 8.28. The molecular formula is C19H25N3O3S.